The lowest BCUT2D eigenvalue weighted by Gasteiger charge is -2.36. The maximum absolute atomic E-state index is 6.24. The molecule has 1 aromatic carbocycles. The van der Waals surface area contributed by atoms with Gasteiger partial charge >= 0.3 is 0 Å². The van der Waals surface area contributed by atoms with Crippen molar-refractivity contribution < 1.29 is 4.74 Å². The summed E-state index contributed by atoms with van der Waals surface area (Å²) in [6.45, 7) is 0.859. The van der Waals surface area contributed by atoms with Gasteiger partial charge < -0.3 is 15.0 Å². The van der Waals surface area contributed by atoms with Gasteiger partial charge in [0.25, 0.3) is 0 Å². The summed E-state index contributed by atoms with van der Waals surface area (Å²) in [6, 6.07) is 10.4. The molecule has 6 heteroatoms. The molecule has 3 nitrogen and oxygen atoms in total. The zero-order valence-electron chi connectivity index (χ0n) is 14.3. The lowest BCUT2D eigenvalue weighted by molar-refractivity contribution is 0.242. The van der Waals surface area contributed by atoms with E-state index in [0.29, 0.717) is 16.8 Å². The third kappa shape index (κ3) is 4.87. The van der Waals surface area contributed by atoms with Crippen molar-refractivity contribution in [3.05, 3.63) is 45.6 Å². The highest BCUT2D eigenvalue weighted by molar-refractivity contribution is 7.80. The Morgan fingerprint density at radius 2 is 2.12 bits per heavy atom. The molecule has 0 amide bonds. The summed E-state index contributed by atoms with van der Waals surface area (Å²) >= 11 is 13.8. The number of ether oxygens (including phenoxy) is 1. The minimum Gasteiger partial charge on any atom is -0.495 e. The number of nitrogens with zero attached hydrogens (tertiary/aromatic N) is 1. The fourth-order valence-electron chi connectivity index (χ4n) is 3.27. The van der Waals surface area contributed by atoms with Crippen molar-refractivity contribution in [2.45, 2.75) is 44.7 Å². The van der Waals surface area contributed by atoms with Gasteiger partial charge in [-0.1, -0.05) is 36.9 Å². The van der Waals surface area contributed by atoms with E-state index in [-0.39, 0.29) is 0 Å². The van der Waals surface area contributed by atoms with Crippen LogP contribution in [0.5, 0.6) is 5.75 Å². The molecular weight excluding hydrogens is 372 g/mol. The molecule has 0 aliphatic heterocycles. The van der Waals surface area contributed by atoms with Crippen LogP contribution < -0.4 is 10.1 Å². The quantitative estimate of drug-likeness (QED) is 0.634. The summed E-state index contributed by atoms with van der Waals surface area (Å²) in [4.78, 5) is 3.68. The first-order valence-electron chi connectivity index (χ1n) is 8.61. The standard InChI is InChI=1S/C19H23ClN2OS2/c1-23-18-10-9-14(12-17(18)20)21-19(24)22(13-16-8-5-11-25-16)15-6-3-2-4-7-15/h5,8-12,15H,2-4,6-7,13H2,1H3,(H,21,24). The van der Waals surface area contributed by atoms with Gasteiger partial charge in [0.15, 0.2) is 5.11 Å². The van der Waals surface area contributed by atoms with Crippen LogP contribution in [0, 0.1) is 0 Å². The third-order valence-corrected chi connectivity index (χ3v) is 6.08. The fourth-order valence-corrected chi connectivity index (χ4v) is 4.56. The summed E-state index contributed by atoms with van der Waals surface area (Å²) in [6.07, 6.45) is 6.30. The Labute approximate surface area is 163 Å². The molecule has 1 fully saturated rings. The Kier molecular flexibility index (Phi) is 6.57. The van der Waals surface area contributed by atoms with Gasteiger partial charge in [0.05, 0.1) is 18.7 Å². The highest BCUT2D eigenvalue weighted by atomic mass is 35.5. The molecule has 0 bridgehead atoms. The van der Waals surface area contributed by atoms with Crippen LogP contribution in [-0.2, 0) is 6.54 Å². The van der Waals surface area contributed by atoms with Gasteiger partial charge in [0, 0.05) is 16.6 Å². The van der Waals surface area contributed by atoms with E-state index in [0.717, 1.165) is 17.3 Å². The molecule has 1 saturated carbocycles. The van der Waals surface area contributed by atoms with Crippen LogP contribution in [0.3, 0.4) is 0 Å². The maximum atomic E-state index is 6.24. The number of halogens is 1. The number of methoxy groups -OCH3 is 1. The van der Waals surface area contributed by atoms with Crippen LogP contribution in [-0.4, -0.2) is 23.2 Å². The number of rotatable bonds is 5. The predicted molar refractivity (Wildman–Crippen MR) is 111 cm³/mol. The van der Waals surface area contributed by atoms with E-state index in [4.69, 9.17) is 28.6 Å². The van der Waals surface area contributed by atoms with E-state index in [1.54, 1.807) is 18.4 Å². The first-order chi connectivity index (χ1) is 12.2. The van der Waals surface area contributed by atoms with E-state index in [1.807, 2.05) is 18.2 Å². The van der Waals surface area contributed by atoms with Gasteiger partial charge in [-0.25, -0.2) is 0 Å². The molecule has 134 valence electrons. The average molecular weight is 395 g/mol. The monoisotopic (exact) mass is 394 g/mol. The highest BCUT2D eigenvalue weighted by Gasteiger charge is 2.24. The molecule has 0 saturated heterocycles. The van der Waals surface area contributed by atoms with Gasteiger partial charge in [-0.2, -0.15) is 0 Å². The van der Waals surface area contributed by atoms with Crippen molar-refractivity contribution in [1.82, 2.24) is 4.90 Å². The maximum Gasteiger partial charge on any atom is 0.174 e. The van der Waals surface area contributed by atoms with E-state index >= 15 is 0 Å². The predicted octanol–water partition coefficient (Wildman–Crippen LogP) is 5.94. The van der Waals surface area contributed by atoms with Gasteiger partial charge in [0.1, 0.15) is 5.75 Å². The number of benzene rings is 1. The summed E-state index contributed by atoms with van der Waals surface area (Å²) in [5.41, 5.74) is 0.891. The smallest absolute Gasteiger partial charge is 0.174 e. The Balaban J connectivity index is 1.74. The van der Waals surface area contributed by atoms with Crippen LogP contribution in [0.2, 0.25) is 5.02 Å². The molecule has 0 radical (unpaired) electrons. The number of hydrogen-bond acceptors (Lipinski definition) is 3. The second-order valence-electron chi connectivity index (χ2n) is 6.28. The first-order valence-corrected chi connectivity index (χ1v) is 10.3. The van der Waals surface area contributed by atoms with Crippen molar-refractivity contribution in [3.8, 4) is 5.75 Å². The van der Waals surface area contributed by atoms with Gasteiger partial charge in [0.2, 0.25) is 0 Å². The third-order valence-electron chi connectivity index (χ3n) is 4.59. The number of hydrogen-bond donors (Lipinski definition) is 1. The van der Waals surface area contributed by atoms with Gasteiger partial charge in [-0.15, -0.1) is 11.3 Å². The number of thiocarbonyl (C=S) groups is 1. The molecule has 0 spiro atoms. The number of thiophene rings is 1. The molecule has 1 aliphatic rings. The summed E-state index contributed by atoms with van der Waals surface area (Å²) in [7, 11) is 1.62. The second-order valence-corrected chi connectivity index (χ2v) is 8.10. The normalized spacial score (nSPS) is 15.0. The molecule has 1 heterocycles. The van der Waals surface area contributed by atoms with Crippen LogP contribution in [0.4, 0.5) is 5.69 Å². The highest BCUT2D eigenvalue weighted by Crippen LogP contribution is 2.29. The van der Waals surface area contributed by atoms with Crippen molar-refractivity contribution in [3.63, 3.8) is 0 Å². The summed E-state index contributed by atoms with van der Waals surface area (Å²) in [5.74, 6) is 0.667. The van der Waals surface area contributed by atoms with E-state index in [2.05, 4.69) is 27.7 Å². The van der Waals surface area contributed by atoms with Crippen molar-refractivity contribution in [1.29, 1.82) is 0 Å². The van der Waals surface area contributed by atoms with E-state index in [1.165, 1.54) is 37.0 Å². The minimum atomic E-state index is 0.504. The molecule has 2 aromatic rings. The van der Waals surface area contributed by atoms with Crippen molar-refractivity contribution >= 4 is 46.0 Å². The average Bonchev–Trinajstić information content (AvgIpc) is 3.14. The molecule has 1 aromatic heterocycles. The summed E-state index contributed by atoms with van der Waals surface area (Å²) in [5, 5.41) is 6.83. The van der Waals surface area contributed by atoms with Gasteiger partial charge in [-0.05, 0) is 54.7 Å². The van der Waals surface area contributed by atoms with Crippen LogP contribution >= 0.6 is 35.2 Å². The zero-order chi connectivity index (χ0) is 17.6. The Hall–Kier alpha value is -1.30. The van der Waals surface area contributed by atoms with E-state index in [9.17, 15) is 0 Å². The Morgan fingerprint density at radius 3 is 2.76 bits per heavy atom. The topological polar surface area (TPSA) is 24.5 Å². The molecule has 0 atom stereocenters. The van der Waals surface area contributed by atoms with Gasteiger partial charge in [-0.3, -0.25) is 0 Å². The van der Waals surface area contributed by atoms with Crippen LogP contribution in [0.1, 0.15) is 37.0 Å². The summed E-state index contributed by atoms with van der Waals surface area (Å²) < 4.78 is 5.22. The molecule has 25 heavy (non-hydrogen) atoms. The van der Waals surface area contributed by atoms with Crippen molar-refractivity contribution in [2.24, 2.45) is 0 Å². The number of nitrogens with one attached hydrogen (secondary N) is 1. The number of anilines is 1. The second kappa shape index (κ2) is 8.88. The zero-order valence-corrected chi connectivity index (χ0v) is 16.7. The SMILES string of the molecule is COc1ccc(NC(=S)N(Cc2cccs2)C2CCCCC2)cc1Cl. The lowest BCUT2D eigenvalue weighted by Crippen LogP contribution is -2.43. The van der Waals surface area contributed by atoms with Crippen LogP contribution in [0.15, 0.2) is 35.7 Å². The molecule has 1 aliphatic carbocycles. The largest absolute Gasteiger partial charge is 0.495 e. The van der Waals surface area contributed by atoms with Crippen LogP contribution in [0.25, 0.3) is 0 Å². The Morgan fingerprint density at radius 1 is 1.32 bits per heavy atom. The molecular formula is C19H23ClN2OS2. The fraction of sp³-hybridized carbons (Fsp3) is 0.421. The first kappa shape index (κ1) is 18.5. The molecule has 1 N–H and O–H groups in total. The van der Waals surface area contributed by atoms with E-state index < -0.39 is 0 Å². The minimum absolute atomic E-state index is 0.504. The Bertz CT molecular complexity index is 699. The van der Waals surface area contributed by atoms with Crippen molar-refractivity contribution in [2.75, 3.05) is 12.4 Å². The lowest BCUT2D eigenvalue weighted by atomic mass is 9.94. The molecule has 3 rings (SSSR count). The molecule has 0 unspecified atom stereocenters.